The molecule has 0 aromatic heterocycles. The number of hydrogen-bond donors (Lipinski definition) is 2. The van der Waals surface area contributed by atoms with Crippen LogP contribution in [0.2, 0.25) is 0 Å². The number of rotatable bonds is 11. The fourth-order valence-corrected chi connectivity index (χ4v) is 3.29. The molecule has 0 saturated carbocycles. The maximum atomic E-state index is 12.0. The van der Waals surface area contributed by atoms with Crippen LogP contribution in [0.15, 0.2) is 41.5 Å². The summed E-state index contributed by atoms with van der Waals surface area (Å²) in [4.78, 5) is 24.0. The number of halogens is 1. The zero-order chi connectivity index (χ0) is 22.6. The molecule has 0 spiro atoms. The highest BCUT2D eigenvalue weighted by atomic mass is 127. The Kier molecular flexibility index (Phi) is 10.1. The number of amides is 2. The van der Waals surface area contributed by atoms with Gasteiger partial charge in [-0.2, -0.15) is 5.10 Å². The first kappa shape index (κ1) is 24.4. The summed E-state index contributed by atoms with van der Waals surface area (Å²) in [6.45, 7) is 5.03. The Hall–Kier alpha value is -2.82. The van der Waals surface area contributed by atoms with Gasteiger partial charge in [-0.05, 0) is 77.9 Å². The zero-order valence-corrected chi connectivity index (χ0v) is 19.9. The largest absolute Gasteiger partial charge is 0.497 e. The van der Waals surface area contributed by atoms with Gasteiger partial charge >= 0.3 is 0 Å². The quantitative estimate of drug-likeness (QED) is 0.195. The highest BCUT2D eigenvalue weighted by molar-refractivity contribution is 14.1. The van der Waals surface area contributed by atoms with Crippen molar-refractivity contribution in [2.75, 3.05) is 25.6 Å². The fraction of sp³-hybridized carbons (Fsp3) is 0.318. The van der Waals surface area contributed by atoms with Gasteiger partial charge in [0.2, 0.25) is 11.8 Å². The van der Waals surface area contributed by atoms with Crippen molar-refractivity contribution in [2.24, 2.45) is 5.10 Å². The molecule has 9 heteroatoms. The minimum atomic E-state index is -0.523. The van der Waals surface area contributed by atoms with Crippen LogP contribution in [0.1, 0.15) is 32.3 Å². The number of hydrazone groups is 1. The predicted molar refractivity (Wildman–Crippen MR) is 128 cm³/mol. The van der Waals surface area contributed by atoms with Crippen LogP contribution in [0, 0.1) is 3.57 Å². The van der Waals surface area contributed by atoms with Gasteiger partial charge < -0.3 is 19.5 Å². The van der Waals surface area contributed by atoms with Crippen molar-refractivity contribution in [3.8, 4) is 17.2 Å². The highest BCUT2D eigenvalue weighted by Gasteiger charge is 2.12. The third-order valence-corrected chi connectivity index (χ3v) is 4.68. The maximum absolute atomic E-state index is 12.0. The molecule has 0 heterocycles. The SMILES string of the molecule is CCCOc1c(I)cc(C=NNC(=O)CC(=O)Nc2ccc(OC)cc2)cc1OCC. The van der Waals surface area contributed by atoms with E-state index in [1.54, 1.807) is 37.4 Å². The number of hydrogen-bond acceptors (Lipinski definition) is 6. The van der Waals surface area contributed by atoms with Gasteiger partial charge in [-0.1, -0.05) is 6.92 Å². The van der Waals surface area contributed by atoms with Crippen molar-refractivity contribution < 1.29 is 23.8 Å². The molecule has 8 nitrogen and oxygen atoms in total. The number of benzene rings is 2. The molecule has 0 aliphatic rings. The molecule has 0 fully saturated rings. The van der Waals surface area contributed by atoms with E-state index in [0.717, 1.165) is 15.6 Å². The molecule has 0 aliphatic heterocycles. The molecule has 2 aromatic rings. The van der Waals surface area contributed by atoms with Crippen molar-refractivity contribution in [3.05, 3.63) is 45.5 Å². The number of nitrogens with zero attached hydrogens (tertiary/aromatic N) is 1. The molecule has 0 unspecified atom stereocenters. The van der Waals surface area contributed by atoms with E-state index in [2.05, 4.69) is 38.4 Å². The van der Waals surface area contributed by atoms with Gasteiger partial charge in [-0.25, -0.2) is 5.43 Å². The van der Waals surface area contributed by atoms with E-state index < -0.39 is 11.8 Å². The van der Waals surface area contributed by atoms with Crippen LogP contribution in [0.3, 0.4) is 0 Å². The molecular formula is C22H26IN3O5. The van der Waals surface area contributed by atoms with E-state index in [-0.39, 0.29) is 6.42 Å². The first-order chi connectivity index (χ1) is 15.0. The first-order valence-electron chi connectivity index (χ1n) is 9.81. The molecule has 0 bridgehead atoms. The first-order valence-corrected chi connectivity index (χ1v) is 10.9. The van der Waals surface area contributed by atoms with E-state index >= 15 is 0 Å². The number of carbonyl (C=O) groups is 2. The normalized spacial score (nSPS) is 10.6. The lowest BCUT2D eigenvalue weighted by molar-refractivity contribution is -0.126. The van der Waals surface area contributed by atoms with E-state index in [4.69, 9.17) is 14.2 Å². The van der Waals surface area contributed by atoms with E-state index in [1.807, 2.05) is 19.9 Å². The lowest BCUT2D eigenvalue weighted by Crippen LogP contribution is -2.24. The van der Waals surface area contributed by atoms with Crippen molar-refractivity contribution in [1.29, 1.82) is 0 Å². The van der Waals surface area contributed by atoms with Gasteiger partial charge in [-0.15, -0.1) is 0 Å². The predicted octanol–water partition coefficient (Wildman–Crippen LogP) is 3.97. The molecule has 0 atom stereocenters. The Morgan fingerprint density at radius 1 is 1.10 bits per heavy atom. The maximum Gasteiger partial charge on any atom is 0.249 e. The molecule has 0 saturated heterocycles. The average molecular weight is 539 g/mol. The molecule has 2 N–H and O–H groups in total. The summed E-state index contributed by atoms with van der Waals surface area (Å²) in [6, 6.07) is 10.5. The van der Waals surface area contributed by atoms with E-state index in [1.165, 1.54) is 6.21 Å². The number of anilines is 1. The Morgan fingerprint density at radius 2 is 1.84 bits per heavy atom. The van der Waals surface area contributed by atoms with Crippen LogP contribution in [0.5, 0.6) is 17.2 Å². The highest BCUT2D eigenvalue weighted by Crippen LogP contribution is 2.34. The van der Waals surface area contributed by atoms with Gasteiger partial charge in [0.15, 0.2) is 11.5 Å². The van der Waals surface area contributed by atoms with Crippen LogP contribution >= 0.6 is 22.6 Å². The summed E-state index contributed by atoms with van der Waals surface area (Å²) in [5, 5.41) is 6.58. The molecule has 31 heavy (non-hydrogen) atoms. The van der Waals surface area contributed by atoms with E-state index in [0.29, 0.717) is 36.1 Å². The number of ether oxygens (including phenoxy) is 3. The van der Waals surface area contributed by atoms with Crippen LogP contribution in [0.25, 0.3) is 0 Å². The van der Waals surface area contributed by atoms with Crippen LogP contribution in [-0.4, -0.2) is 38.4 Å². The Balaban J connectivity index is 1.92. The number of carbonyl (C=O) groups excluding carboxylic acids is 2. The molecular weight excluding hydrogens is 513 g/mol. The monoisotopic (exact) mass is 539 g/mol. The summed E-state index contributed by atoms with van der Waals surface area (Å²) in [7, 11) is 1.56. The summed E-state index contributed by atoms with van der Waals surface area (Å²) in [5.74, 6) is 1.03. The van der Waals surface area contributed by atoms with Gasteiger partial charge in [0.25, 0.3) is 0 Å². The van der Waals surface area contributed by atoms with Crippen LogP contribution in [-0.2, 0) is 9.59 Å². The summed E-state index contributed by atoms with van der Waals surface area (Å²) < 4.78 is 17.4. The third kappa shape index (κ3) is 8.08. The van der Waals surface area contributed by atoms with Gasteiger partial charge in [0.05, 0.1) is 30.1 Å². The minimum Gasteiger partial charge on any atom is -0.497 e. The third-order valence-electron chi connectivity index (χ3n) is 3.88. The average Bonchev–Trinajstić information content (AvgIpc) is 2.74. The van der Waals surface area contributed by atoms with E-state index in [9.17, 15) is 9.59 Å². The zero-order valence-electron chi connectivity index (χ0n) is 17.7. The molecule has 166 valence electrons. The minimum absolute atomic E-state index is 0.352. The topological polar surface area (TPSA) is 98.2 Å². The summed E-state index contributed by atoms with van der Waals surface area (Å²) in [6.07, 6.45) is 2.03. The van der Waals surface area contributed by atoms with Gasteiger partial charge in [0, 0.05) is 5.69 Å². The second kappa shape index (κ2) is 12.8. The van der Waals surface area contributed by atoms with Crippen molar-refractivity contribution in [1.82, 2.24) is 5.43 Å². The molecule has 0 radical (unpaired) electrons. The molecule has 2 rings (SSSR count). The fourth-order valence-electron chi connectivity index (χ4n) is 2.51. The van der Waals surface area contributed by atoms with Gasteiger partial charge in [-0.3, -0.25) is 9.59 Å². The second-order valence-corrected chi connectivity index (χ2v) is 7.52. The molecule has 2 amide bonds. The summed E-state index contributed by atoms with van der Waals surface area (Å²) in [5.41, 5.74) is 3.67. The summed E-state index contributed by atoms with van der Waals surface area (Å²) >= 11 is 2.17. The van der Waals surface area contributed by atoms with Gasteiger partial charge in [0.1, 0.15) is 12.2 Å². The van der Waals surface area contributed by atoms with Crippen LogP contribution < -0.4 is 25.0 Å². The lowest BCUT2D eigenvalue weighted by Gasteiger charge is -2.14. The Bertz CT molecular complexity index is 916. The van der Waals surface area contributed by atoms with Crippen molar-refractivity contribution >= 4 is 46.3 Å². The lowest BCUT2D eigenvalue weighted by atomic mass is 10.2. The second-order valence-electron chi connectivity index (χ2n) is 6.36. The number of methoxy groups -OCH3 is 1. The molecule has 0 aliphatic carbocycles. The number of nitrogens with one attached hydrogen (secondary N) is 2. The Labute approximate surface area is 195 Å². The molecule has 2 aromatic carbocycles. The smallest absolute Gasteiger partial charge is 0.249 e. The standard InChI is InChI=1S/C22H26IN3O5/c1-4-10-31-22-18(23)11-15(12-19(22)30-5-2)14-24-26-21(28)13-20(27)25-16-6-8-17(29-3)9-7-16/h6-9,11-12,14H,4-5,10,13H2,1-3H3,(H,25,27)(H,26,28). The Morgan fingerprint density at radius 3 is 2.48 bits per heavy atom. The van der Waals surface area contributed by atoms with Crippen molar-refractivity contribution in [3.63, 3.8) is 0 Å². The van der Waals surface area contributed by atoms with Crippen molar-refractivity contribution in [2.45, 2.75) is 26.7 Å². The van der Waals surface area contributed by atoms with Crippen LogP contribution in [0.4, 0.5) is 5.69 Å².